The molecule has 0 N–H and O–H groups in total. The minimum atomic E-state index is -1.21. The van der Waals surface area contributed by atoms with E-state index in [1.807, 2.05) is 12.2 Å². The van der Waals surface area contributed by atoms with Gasteiger partial charge in [-0.25, -0.2) is 0 Å². The van der Waals surface area contributed by atoms with E-state index in [-0.39, 0.29) is 27.7 Å². The van der Waals surface area contributed by atoms with Crippen LogP contribution in [0.5, 0.6) is 0 Å². The number of hydrogen-bond acceptors (Lipinski definition) is 1. The van der Waals surface area contributed by atoms with Crippen LogP contribution in [0.3, 0.4) is 0 Å². The first-order chi connectivity index (χ1) is 6.95. The van der Waals surface area contributed by atoms with E-state index in [4.69, 9.17) is 46.4 Å². The molecule has 0 saturated heterocycles. The van der Waals surface area contributed by atoms with E-state index in [0.717, 1.165) is 6.42 Å². The molecule has 3 aliphatic rings. The molecule has 0 heterocycles. The molecule has 5 heteroatoms. The van der Waals surface area contributed by atoms with Crippen LogP contribution in [-0.2, 0) is 4.79 Å². The highest BCUT2D eigenvalue weighted by atomic mass is 35.5. The van der Waals surface area contributed by atoms with Crippen molar-refractivity contribution in [3.63, 3.8) is 0 Å². The van der Waals surface area contributed by atoms with Crippen LogP contribution in [0.15, 0.2) is 22.2 Å². The van der Waals surface area contributed by atoms with Gasteiger partial charge in [-0.2, -0.15) is 0 Å². The third-order valence-corrected chi connectivity index (χ3v) is 6.15. The molecule has 0 spiro atoms. The van der Waals surface area contributed by atoms with E-state index in [2.05, 4.69) is 0 Å². The number of carbonyl (C=O) groups is 1. The van der Waals surface area contributed by atoms with Crippen molar-refractivity contribution in [2.75, 3.05) is 0 Å². The quantitative estimate of drug-likeness (QED) is 0.492. The van der Waals surface area contributed by atoms with E-state index < -0.39 is 9.75 Å². The number of alkyl halides is 2. The van der Waals surface area contributed by atoms with Crippen LogP contribution in [0.25, 0.3) is 0 Å². The largest absolute Gasteiger partial charge is 0.295 e. The van der Waals surface area contributed by atoms with Crippen molar-refractivity contribution >= 4 is 52.2 Å². The van der Waals surface area contributed by atoms with Crippen molar-refractivity contribution in [1.29, 1.82) is 0 Å². The monoisotopic (exact) mass is 282 g/mol. The first-order valence-corrected chi connectivity index (χ1v) is 6.12. The zero-order valence-corrected chi connectivity index (χ0v) is 10.5. The standard InChI is InChI=1S/C10H6Cl4O/c11-6-7(12)10(14)5-3-1-2-4(5)9(6,13)8(10)15/h1-2,4-5H,3H2/t4-,5+,9-,10-/m0/s1. The fourth-order valence-corrected chi connectivity index (χ4v) is 4.70. The van der Waals surface area contributed by atoms with Crippen LogP contribution < -0.4 is 0 Å². The normalized spacial score (nSPS) is 51.9. The Bertz CT molecular complexity index is 441. The fourth-order valence-electron chi connectivity index (χ4n) is 2.88. The van der Waals surface area contributed by atoms with E-state index in [1.54, 1.807) is 0 Å². The number of hydrogen-bond donors (Lipinski definition) is 0. The first kappa shape index (κ1) is 10.5. The van der Waals surface area contributed by atoms with Gasteiger partial charge in [0.1, 0.15) is 9.75 Å². The molecular formula is C10H6Cl4O. The zero-order valence-electron chi connectivity index (χ0n) is 7.44. The minimum Gasteiger partial charge on any atom is -0.295 e. The minimum absolute atomic E-state index is 0.0424. The molecule has 1 saturated carbocycles. The number of Topliss-reactive ketones (excluding diaryl/α,β-unsaturated/α-hetero) is 1. The maximum absolute atomic E-state index is 12.1. The number of rotatable bonds is 0. The van der Waals surface area contributed by atoms with Crippen LogP contribution >= 0.6 is 46.4 Å². The van der Waals surface area contributed by atoms with E-state index in [1.165, 1.54) is 0 Å². The summed E-state index contributed by atoms with van der Waals surface area (Å²) in [6.07, 6.45) is 4.63. The summed E-state index contributed by atoms with van der Waals surface area (Å²) in [4.78, 5) is 9.74. The molecular weight excluding hydrogens is 278 g/mol. The Labute approximate surface area is 107 Å². The first-order valence-electron chi connectivity index (χ1n) is 4.60. The van der Waals surface area contributed by atoms with Crippen molar-refractivity contribution in [2.45, 2.75) is 16.2 Å². The number of fused-ring (bicyclic) bond motifs is 5. The third-order valence-electron chi connectivity index (χ3n) is 3.63. The van der Waals surface area contributed by atoms with Crippen LogP contribution in [0, 0.1) is 11.8 Å². The number of ketones is 1. The molecule has 0 amide bonds. The van der Waals surface area contributed by atoms with Gasteiger partial charge in [0.2, 0.25) is 0 Å². The highest BCUT2D eigenvalue weighted by Gasteiger charge is 2.74. The lowest BCUT2D eigenvalue weighted by Crippen LogP contribution is -2.33. The summed E-state index contributed by atoms with van der Waals surface area (Å²) in [7, 11) is 0. The molecule has 2 bridgehead atoms. The van der Waals surface area contributed by atoms with Gasteiger partial charge in [-0.05, 0) is 6.42 Å². The Morgan fingerprint density at radius 2 is 1.80 bits per heavy atom. The molecule has 0 aliphatic heterocycles. The third kappa shape index (κ3) is 0.857. The Kier molecular flexibility index (Phi) is 1.92. The molecule has 0 radical (unpaired) electrons. The molecule has 0 aromatic heterocycles. The molecule has 0 unspecified atom stereocenters. The maximum atomic E-state index is 12.1. The average Bonchev–Trinajstić information content (AvgIpc) is 2.79. The van der Waals surface area contributed by atoms with E-state index in [0.29, 0.717) is 0 Å². The summed E-state index contributed by atoms with van der Waals surface area (Å²) in [5.74, 6) is -0.411. The summed E-state index contributed by atoms with van der Waals surface area (Å²) in [6, 6.07) is 0. The van der Waals surface area contributed by atoms with Crippen molar-refractivity contribution in [3.8, 4) is 0 Å². The van der Waals surface area contributed by atoms with Gasteiger partial charge in [-0.15, -0.1) is 23.2 Å². The van der Waals surface area contributed by atoms with Crippen molar-refractivity contribution in [2.24, 2.45) is 11.8 Å². The molecule has 3 rings (SSSR count). The second-order valence-corrected chi connectivity index (χ2v) is 6.13. The summed E-state index contributed by atoms with van der Waals surface area (Å²) in [6.45, 7) is 0. The van der Waals surface area contributed by atoms with E-state index >= 15 is 0 Å². The zero-order chi connectivity index (χ0) is 11.0. The molecule has 1 fully saturated rings. The van der Waals surface area contributed by atoms with Crippen LogP contribution in [0.4, 0.5) is 0 Å². The van der Waals surface area contributed by atoms with Gasteiger partial charge in [0.05, 0.1) is 10.1 Å². The Balaban J connectivity index is 2.30. The molecule has 0 aromatic rings. The molecule has 4 atom stereocenters. The molecule has 0 aromatic carbocycles. The summed E-state index contributed by atoms with van der Waals surface area (Å²) in [5, 5.41) is 0.425. The van der Waals surface area contributed by atoms with Crippen molar-refractivity contribution < 1.29 is 4.79 Å². The molecule has 1 nitrogen and oxygen atoms in total. The second kappa shape index (κ2) is 2.76. The predicted molar refractivity (Wildman–Crippen MR) is 61.6 cm³/mol. The number of allylic oxidation sites excluding steroid dienone is 4. The highest BCUT2D eigenvalue weighted by Crippen LogP contribution is 2.67. The van der Waals surface area contributed by atoms with E-state index in [9.17, 15) is 4.79 Å². The maximum Gasteiger partial charge on any atom is 0.186 e. The van der Waals surface area contributed by atoms with Crippen LogP contribution in [0.2, 0.25) is 0 Å². The van der Waals surface area contributed by atoms with Gasteiger partial charge in [0.25, 0.3) is 0 Å². The lowest BCUT2D eigenvalue weighted by Gasteiger charge is -2.30. The van der Waals surface area contributed by atoms with Gasteiger partial charge in [-0.3, -0.25) is 4.79 Å². The molecule has 80 valence electrons. The Morgan fingerprint density at radius 1 is 1.20 bits per heavy atom. The smallest absolute Gasteiger partial charge is 0.186 e. The van der Waals surface area contributed by atoms with Gasteiger partial charge in [0.15, 0.2) is 5.78 Å². The summed E-state index contributed by atoms with van der Waals surface area (Å²) < 4.78 is 0. The summed E-state index contributed by atoms with van der Waals surface area (Å²) >= 11 is 24.7. The Morgan fingerprint density at radius 3 is 2.47 bits per heavy atom. The van der Waals surface area contributed by atoms with Gasteiger partial charge in [-0.1, -0.05) is 35.4 Å². The van der Waals surface area contributed by atoms with Crippen molar-refractivity contribution in [1.82, 2.24) is 0 Å². The van der Waals surface area contributed by atoms with Crippen molar-refractivity contribution in [3.05, 3.63) is 22.2 Å². The second-order valence-electron chi connectivity index (χ2n) is 4.18. The van der Waals surface area contributed by atoms with Gasteiger partial charge < -0.3 is 0 Å². The molecule has 3 aliphatic carbocycles. The SMILES string of the molecule is O=C1[C@@]2(Cl)C(Cl)=C(Cl)[C@@]1(Cl)[C@H]1C=CC[C@H]12. The van der Waals surface area contributed by atoms with Crippen LogP contribution in [0.1, 0.15) is 6.42 Å². The lowest BCUT2D eigenvalue weighted by molar-refractivity contribution is -0.119. The molecule has 15 heavy (non-hydrogen) atoms. The summed E-state index contributed by atoms with van der Waals surface area (Å²) in [5.41, 5.74) is 0. The predicted octanol–water partition coefficient (Wildman–Crippen LogP) is 3.42. The van der Waals surface area contributed by atoms with Gasteiger partial charge >= 0.3 is 0 Å². The fraction of sp³-hybridized carbons (Fsp3) is 0.500. The van der Waals surface area contributed by atoms with Crippen LogP contribution in [-0.4, -0.2) is 15.5 Å². The Hall–Kier alpha value is 0.310. The number of carbonyl (C=O) groups excluding carboxylic acids is 1. The average molecular weight is 284 g/mol. The number of halogens is 4. The lowest BCUT2D eigenvalue weighted by atomic mass is 9.84. The van der Waals surface area contributed by atoms with Gasteiger partial charge in [0, 0.05) is 11.8 Å². The highest BCUT2D eigenvalue weighted by molar-refractivity contribution is 6.62. The topological polar surface area (TPSA) is 17.1 Å².